The molecule has 0 atom stereocenters. The van der Waals surface area contributed by atoms with Gasteiger partial charge in [-0.1, -0.05) is 45.4 Å². The summed E-state index contributed by atoms with van der Waals surface area (Å²) < 4.78 is 6.39. The lowest BCUT2D eigenvalue weighted by molar-refractivity contribution is -0.120. The zero-order valence-electron chi connectivity index (χ0n) is 13.9. The van der Waals surface area contributed by atoms with Crippen LogP contribution in [0.1, 0.15) is 23.2 Å². The van der Waals surface area contributed by atoms with Crippen molar-refractivity contribution in [2.45, 2.75) is 12.8 Å². The van der Waals surface area contributed by atoms with Crippen molar-refractivity contribution in [2.75, 3.05) is 13.2 Å². The van der Waals surface area contributed by atoms with Crippen molar-refractivity contribution in [3.63, 3.8) is 0 Å². The number of hydrogen-bond donors (Lipinski definition) is 1. The van der Waals surface area contributed by atoms with Gasteiger partial charge in [-0.25, -0.2) is 0 Å². The molecule has 2 rings (SSSR count). The van der Waals surface area contributed by atoms with Crippen molar-refractivity contribution in [1.29, 1.82) is 0 Å². The van der Waals surface area contributed by atoms with Crippen LogP contribution in [-0.2, 0) is 4.79 Å². The maximum atomic E-state index is 12.0. The Labute approximate surface area is 166 Å². The second-order valence-electron chi connectivity index (χ2n) is 5.31. The van der Waals surface area contributed by atoms with Crippen LogP contribution in [0.15, 0.2) is 53.0 Å². The van der Waals surface area contributed by atoms with Gasteiger partial charge >= 0.3 is 0 Å². The third-order valence-corrected chi connectivity index (χ3v) is 4.10. The van der Waals surface area contributed by atoms with Crippen LogP contribution in [0.5, 0.6) is 5.75 Å². The van der Waals surface area contributed by atoms with E-state index in [4.69, 9.17) is 16.3 Å². The summed E-state index contributed by atoms with van der Waals surface area (Å²) >= 11 is 9.14. The summed E-state index contributed by atoms with van der Waals surface area (Å²) in [5.41, 5.74) is 0.548. The molecule has 0 bridgehead atoms. The number of hydrogen-bond acceptors (Lipinski definition) is 3. The zero-order valence-corrected chi connectivity index (χ0v) is 16.3. The third-order valence-electron chi connectivity index (χ3n) is 3.35. The normalized spacial score (nSPS) is 9.77. The lowest BCUT2D eigenvalue weighted by Crippen LogP contribution is -2.24. The van der Waals surface area contributed by atoms with Crippen molar-refractivity contribution in [3.05, 3.63) is 63.6 Å². The summed E-state index contributed by atoms with van der Waals surface area (Å²) in [6.45, 7) is 0.456. The molecule has 0 saturated carbocycles. The van der Waals surface area contributed by atoms with Gasteiger partial charge in [0.25, 0.3) is 0 Å². The van der Waals surface area contributed by atoms with Gasteiger partial charge in [0.15, 0.2) is 5.78 Å². The topological polar surface area (TPSA) is 55.4 Å². The van der Waals surface area contributed by atoms with Crippen LogP contribution in [0, 0.1) is 11.8 Å². The van der Waals surface area contributed by atoms with Gasteiger partial charge in [0, 0.05) is 27.9 Å². The number of carbonyl (C=O) groups excluding carboxylic acids is 2. The Balaban J connectivity index is 1.63. The Hall–Kier alpha value is -2.29. The fourth-order valence-electron chi connectivity index (χ4n) is 2.03. The van der Waals surface area contributed by atoms with Gasteiger partial charge in [-0.3, -0.25) is 9.59 Å². The first-order valence-electron chi connectivity index (χ1n) is 7.94. The van der Waals surface area contributed by atoms with E-state index in [1.807, 2.05) is 24.3 Å². The van der Waals surface area contributed by atoms with Crippen LogP contribution >= 0.6 is 27.5 Å². The Morgan fingerprint density at radius 2 is 1.85 bits per heavy atom. The predicted octanol–water partition coefficient (Wildman–Crippen LogP) is 4.26. The van der Waals surface area contributed by atoms with E-state index >= 15 is 0 Å². The maximum Gasteiger partial charge on any atom is 0.221 e. The number of carbonyl (C=O) groups is 2. The number of halogens is 2. The molecule has 2 aromatic rings. The smallest absolute Gasteiger partial charge is 0.221 e. The van der Waals surface area contributed by atoms with E-state index in [2.05, 4.69) is 33.1 Å². The fraction of sp³-hybridized carbons (Fsp3) is 0.200. The number of Topliss-reactive ketones (excluding diaryl/α,β-unsaturated/α-hetero) is 1. The molecule has 2 aromatic carbocycles. The van der Waals surface area contributed by atoms with Gasteiger partial charge in [0.05, 0.1) is 6.54 Å². The lowest BCUT2D eigenvalue weighted by Gasteiger charge is -2.03. The quantitative estimate of drug-likeness (QED) is 0.523. The van der Waals surface area contributed by atoms with Crippen molar-refractivity contribution >= 4 is 39.2 Å². The van der Waals surface area contributed by atoms with Gasteiger partial charge in [0.2, 0.25) is 5.91 Å². The molecule has 0 unspecified atom stereocenters. The molecular weight excluding hydrogens is 418 g/mol. The first-order chi connectivity index (χ1) is 12.5. The van der Waals surface area contributed by atoms with E-state index in [0.29, 0.717) is 10.6 Å². The summed E-state index contributed by atoms with van der Waals surface area (Å²) in [4.78, 5) is 23.7. The van der Waals surface area contributed by atoms with Crippen molar-refractivity contribution in [3.8, 4) is 17.6 Å². The van der Waals surface area contributed by atoms with E-state index in [9.17, 15) is 9.59 Å². The molecule has 1 N–H and O–H groups in total. The maximum absolute atomic E-state index is 12.0. The Bertz CT molecular complexity index is 825. The zero-order chi connectivity index (χ0) is 18.8. The highest BCUT2D eigenvalue weighted by Gasteiger charge is 2.08. The Morgan fingerprint density at radius 1 is 1.08 bits per heavy atom. The van der Waals surface area contributed by atoms with Crippen LogP contribution in [0.2, 0.25) is 5.02 Å². The van der Waals surface area contributed by atoms with E-state index in [1.165, 1.54) is 0 Å². The van der Waals surface area contributed by atoms with Crippen molar-refractivity contribution in [2.24, 2.45) is 0 Å². The van der Waals surface area contributed by atoms with Gasteiger partial charge in [-0.15, -0.1) is 0 Å². The highest BCUT2D eigenvalue weighted by molar-refractivity contribution is 9.10. The number of nitrogens with one attached hydrogen (secondary N) is 1. The molecule has 6 heteroatoms. The summed E-state index contributed by atoms with van der Waals surface area (Å²) in [7, 11) is 0. The molecule has 134 valence electrons. The SMILES string of the molecule is O=C(CCC(=O)c1ccc(Cl)cc1)NCC#CCOc1cccc(Br)c1. The summed E-state index contributed by atoms with van der Waals surface area (Å²) in [5.74, 6) is 6.05. The molecular formula is C20H17BrClNO3. The van der Waals surface area contributed by atoms with Gasteiger partial charge < -0.3 is 10.1 Å². The molecule has 0 radical (unpaired) electrons. The summed E-state index contributed by atoms with van der Waals surface area (Å²) in [6.07, 6.45) is 0.268. The average molecular weight is 435 g/mol. The summed E-state index contributed by atoms with van der Waals surface area (Å²) in [6, 6.07) is 14.1. The number of amides is 1. The highest BCUT2D eigenvalue weighted by atomic mass is 79.9. The molecule has 0 spiro atoms. The number of rotatable bonds is 7. The minimum atomic E-state index is -0.213. The first kappa shape index (κ1) is 20.0. The van der Waals surface area contributed by atoms with Crippen LogP contribution in [0.4, 0.5) is 0 Å². The van der Waals surface area contributed by atoms with Gasteiger partial charge in [-0.2, -0.15) is 0 Å². The Kier molecular flexibility index (Phi) is 8.20. The third kappa shape index (κ3) is 7.30. The van der Waals surface area contributed by atoms with Crippen molar-refractivity contribution < 1.29 is 14.3 Å². The van der Waals surface area contributed by atoms with E-state index in [-0.39, 0.29) is 37.7 Å². The van der Waals surface area contributed by atoms with E-state index in [1.54, 1.807) is 24.3 Å². The van der Waals surface area contributed by atoms with Crippen LogP contribution in [-0.4, -0.2) is 24.8 Å². The monoisotopic (exact) mass is 433 g/mol. The second kappa shape index (κ2) is 10.6. The number of ether oxygens (including phenoxy) is 1. The molecule has 0 aliphatic rings. The number of benzene rings is 2. The standard InChI is InChI=1S/C20H17BrClNO3/c21-16-4-3-5-18(14-16)26-13-2-1-12-23-20(25)11-10-19(24)15-6-8-17(22)9-7-15/h3-9,14H,10-13H2,(H,23,25). The fourth-order valence-corrected chi connectivity index (χ4v) is 2.53. The molecule has 0 heterocycles. The summed E-state index contributed by atoms with van der Waals surface area (Å²) in [5, 5.41) is 3.23. The second-order valence-corrected chi connectivity index (χ2v) is 6.66. The molecule has 0 aliphatic carbocycles. The lowest BCUT2D eigenvalue weighted by atomic mass is 10.1. The van der Waals surface area contributed by atoms with E-state index < -0.39 is 0 Å². The van der Waals surface area contributed by atoms with Crippen LogP contribution in [0.25, 0.3) is 0 Å². The van der Waals surface area contributed by atoms with Crippen LogP contribution < -0.4 is 10.1 Å². The van der Waals surface area contributed by atoms with Gasteiger partial charge in [-0.05, 0) is 42.5 Å². The number of ketones is 1. The minimum absolute atomic E-state index is 0.0923. The van der Waals surface area contributed by atoms with Crippen molar-refractivity contribution in [1.82, 2.24) is 5.32 Å². The molecule has 1 amide bonds. The minimum Gasteiger partial charge on any atom is -0.481 e. The molecule has 26 heavy (non-hydrogen) atoms. The van der Waals surface area contributed by atoms with Gasteiger partial charge in [0.1, 0.15) is 12.4 Å². The molecule has 0 fully saturated rings. The predicted molar refractivity (Wildman–Crippen MR) is 105 cm³/mol. The average Bonchev–Trinajstić information content (AvgIpc) is 2.63. The molecule has 4 nitrogen and oxygen atoms in total. The van der Waals surface area contributed by atoms with Crippen LogP contribution in [0.3, 0.4) is 0 Å². The molecule has 0 aliphatic heterocycles. The van der Waals surface area contributed by atoms with E-state index in [0.717, 1.165) is 10.2 Å². The highest BCUT2D eigenvalue weighted by Crippen LogP contribution is 2.17. The molecule has 0 aromatic heterocycles. The molecule has 0 saturated heterocycles. The largest absolute Gasteiger partial charge is 0.481 e. The Morgan fingerprint density at radius 3 is 2.58 bits per heavy atom. The first-order valence-corrected chi connectivity index (χ1v) is 9.11.